The van der Waals surface area contributed by atoms with Crippen LogP contribution in [0.15, 0.2) is 11.8 Å². The average molecular weight is 486 g/mol. The fourth-order valence-corrected chi connectivity index (χ4v) is 4.11. The summed E-state index contributed by atoms with van der Waals surface area (Å²) in [7, 11) is -5.03. The van der Waals surface area contributed by atoms with E-state index in [0.717, 1.165) is 6.08 Å². The smallest absolute Gasteiger partial charge is 0.370 e. The summed E-state index contributed by atoms with van der Waals surface area (Å²) >= 11 is 0. The summed E-state index contributed by atoms with van der Waals surface area (Å²) in [5.74, 6) is -2.00. The number of rotatable bonds is 8. The molecule has 186 valence electrons. The van der Waals surface area contributed by atoms with Crippen LogP contribution >= 0.6 is 0 Å². The Balaban J connectivity index is 2.20. The highest BCUT2D eigenvalue weighted by Gasteiger charge is 2.57. The highest BCUT2D eigenvalue weighted by molar-refractivity contribution is 7.80. The molecule has 0 aliphatic carbocycles. The van der Waals surface area contributed by atoms with Crippen LogP contribution in [0.5, 0.6) is 0 Å². The van der Waals surface area contributed by atoms with E-state index in [-0.39, 0.29) is 6.61 Å². The van der Waals surface area contributed by atoms with Crippen LogP contribution in [-0.4, -0.2) is 101 Å². The molecule has 0 amide bonds. The van der Waals surface area contributed by atoms with Crippen LogP contribution in [0.4, 0.5) is 0 Å². The van der Waals surface area contributed by atoms with Gasteiger partial charge >= 0.3 is 5.97 Å². The third-order valence-electron chi connectivity index (χ3n) is 6.12. The average Bonchev–Trinajstić information content (AvgIpc) is 2.65. The van der Waals surface area contributed by atoms with Crippen molar-refractivity contribution in [2.45, 2.75) is 69.4 Å². The summed E-state index contributed by atoms with van der Waals surface area (Å²) in [5.41, 5.74) is -0.0348. The van der Waals surface area contributed by atoms with E-state index < -0.39 is 82.4 Å². The Labute approximate surface area is 185 Å². The van der Waals surface area contributed by atoms with E-state index in [4.69, 9.17) is 19.3 Å². The Hall–Kier alpha value is -1.36. The molecule has 0 aromatic heterocycles. The molecule has 7 atom stereocenters. The van der Waals surface area contributed by atoms with Gasteiger partial charge in [-0.25, -0.2) is 13.2 Å². The number of aliphatic hydroxyl groups is 3. The van der Waals surface area contributed by atoms with Crippen LogP contribution in [0, 0.1) is 5.41 Å². The van der Waals surface area contributed by atoms with Gasteiger partial charge in [-0.05, 0) is 26.8 Å². The van der Waals surface area contributed by atoms with Gasteiger partial charge in [-0.1, -0.05) is 6.92 Å². The molecule has 0 spiro atoms. The maximum atomic E-state index is 11.2. The minimum Gasteiger partial charge on any atom is -0.726 e. The van der Waals surface area contributed by atoms with Gasteiger partial charge in [0.1, 0.15) is 30.0 Å². The molecular weight excluding hydrogens is 454 g/mol. The quantitative estimate of drug-likeness (QED) is 0.173. The highest BCUT2D eigenvalue weighted by atomic mass is 32.3. The number of aliphatic hydroxyl groups excluding tert-OH is 3. The standard InChI is InChI=1S/C18H31NO12S/c1-16(2)12(19)14(22)17(3,11(31-16)6-29-32(25,26)27)7-28-8-18(4)13(21)9(20)5-10(30-18)15(23)24/h5,9,11-14,20-22H,6-8,19H2,1-4H3,(H,23,24)(H,25,26,27)/t9-,11?,12?,13?,14+,17+,18+/m0/s1. The molecule has 0 bridgehead atoms. The lowest BCUT2D eigenvalue weighted by molar-refractivity contribution is -0.498. The Bertz CT molecular complexity index is 845. The van der Waals surface area contributed by atoms with Crippen LogP contribution in [0.25, 0.3) is 0 Å². The van der Waals surface area contributed by atoms with Crippen LogP contribution in [0.1, 0.15) is 27.7 Å². The Morgan fingerprint density at radius 1 is 1.19 bits per heavy atom. The first-order valence-electron chi connectivity index (χ1n) is 9.80. The minimum atomic E-state index is -5.03. The van der Waals surface area contributed by atoms with Crippen LogP contribution in [0.2, 0.25) is 0 Å². The van der Waals surface area contributed by atoms with Gasteiger partial charge in [0.15, 0.2) is 5.60 Å². The topological polar surface area (TPSA) is 220 Å². The van der Waals surface area contributed by atoms with Gasteiger partial charge in [-0.3, -0.25) is 4.18 Å². The zero-order valence-corrected chi connectivity index (χ0v) is 19.1. The lowest BCUT2D eigenvalue weighted by Gasteiger charge is -2.52. The van der Waals surface area contributed by atoms with E-state index in [0.29, 0.717) is 0 Å². The maximum Gasteiger partial charge on any atom is 0.370 e. The van der Waals surface area contributed by atoms with E-state index in [1.54, 1.807) is 13.8 Å². The molecule has 0 aromatic rings. The predicted molar refractivity (Wildman–Crippen MR) is 103 cm³/mol. The van der Waals surface area contributed by atoms with E-state index in [9.17, 15) is 33.1 Å². The number of carboxylic acid groups (broad SMARTS) is 1. The van der Waals surface area contributed by atoms with Crippen molar-refractivity contribution in [1.29, 1.82) is 0 Å². The van der Waals surface area contributed by atoms with Crippen LogP contribution in [0.3, 0.4) is 0 Å². The van der Waals surface area contributed by atoms with Crippen molar-refractivity contribution in [1.82, 2.24) is 0 Å². The molecule has 1 saturated heterocycles. The molecule has 7 N–H and O–H groups in total. The van der Waals surface area contributed by atoms with Crippen LogP contribution in [-0.2, 0) is 33.6 Å². The normalized spacial score (nSPS) is 39.8. The maximum absolute atomic E-state index is 11.2. The molecule has 14 heteroatoms. The van der Waals surface area contributed by atoms with Crippen LogP contribution < -0.4 is 5.73 Å². The van der Waals surface area contributed by atoms with Gasteiger partial charge in [0.25, 0.3) is 0 Å². The Morgan fingerprint density at radius 2 is 1.78 bits per heavy atom. The van der Waals surface area contributed by atoms with Crippen molar-refractivity contribution in [2.24, 2.45) is 5.41 Å². The van der Waals surface area contributed by atoms with E-state index >= 15 is 0 Å². The second kappa shape index (κ2) is 9.12. The van der Waals surface area contributed by atoms with Gasteiger partial charge in [0.2, 0.25) is 16.2 Å². The number of carboxylic acids is 1. The molecule has 1 fully saturated rings. The fourth-order valence-electron chi connectivity index (χ4n) is 3.82. The predicted octanol–water partition coefficient (Wildman–Crippen LogP) is -2.89. The second-order valence-corrected chi connectivity index (χ2v) is 10.2. The molecule has 3 unspecified atom stereocenters. The second-order valence-electron chi connectivity index (χ2n) is 9.14. The van der Waals surface area contributed by atoms with Crippen molar-refractivity contribution in [3.05, 3.63) is 11.8 Å². The number of aliphatic carboxylic acids is 1. The number of carbonyl (C=O) groups is 1. The van der Waals surface area contributed by atoms with Crippen molar-refractivity contribution in [3.63, 3.8) is 0 Å². The van der Waals surface area contributed by atoms with Crippen molar-refractivity contribution in [3.8, 4) is 0 Å². The first kappa shape index (κ1) is 26.9. The third-order valence-corrected chi connectivity index (χ3v) is 6.55. The van der Waals surface area contributed by atoms with Gasteiger partial charge in [-0.15, -0.1) is 0 Å². The summed E-state index contributed by atoms with van der Waals surface area (Å²) in [4.78, 5) is 11.2. The first-order chi connectivity index (χ1) is 14.4. The Morgan fingerprint density at radius 3 is 2.31 bits per heavy atom. The highest BCUT2D eigenvalue weighted by Crippen LogP contribution is 2.41. The third kappa shape index (κ3) is 5.58. The molecule has 2 aliphatic heterocycles. The first-order valence-corrected chi connectivity index (χ1v) is 11.1. The lowest BCUT2D eigenvalue weighted by atomic mass is 9.70. The van der Waals surface area contributed by atoms with E-state index in [2.05, 4.69) is 9.92 Å². The molecule has 2 heterocycles. The molecule has 32 heavy (non-hydrogen) atoms. The summed E-state index contributed by atoms with van der Waals surface area (Å²) < 4.78 is 54.0. The zero-order valence-electron chi connectivity index (χ0n) is 18.3. The zero-order chi connectivity index (χ0) is 24.7. The van der Waals surface area contributed by atoms with Crippen molar-refractivity contribution < 1.29 is 62.3 Å². The van der Waals surface area contributed by atoms with Crippen molar-refractivity contribution >= 4 is 16.4 Å². The molecule has 0 radical (unpaired) electrons. The van der Waals surface area contributed by atoms with Gasteiger partial charge < -0.3 is 44.9 Å². The number of hydrogen-bond donors (Lipinski definition) is 5. The fraction of sp³-hybridized carbons (Fsp3) is 0.833. The summed E-state index contributed by atoms with van der Waals surface area (Å²) in [6.45, 7) is 4.76. The molecule has 2 rings (SSSR count). The number of quaternary nitrogens is 1. The number of hydrogen-bond acceptors (Lipinski definition) is 11. The lowest BCUT2D eigenvalue weighted by Crippen LogP contribution is -2.82. The summed E-state index contributed by atoms with van der Waals surface area (Å²) in [6.07, 6.45) is -4.45. The van der Waals surface area contributed by atoms with E-state index in [1.165, 1.54) is 13.8 Å². The monoisotopic (exact) mass is 485 g/mol. The van der Waals surface area contributed by atoms with Gasteiger partial charge in [0.05, 0.1) is 31.3 Å². The van der Waals surface area contributed by atoms with E-state index in [1.807, 2.05) is 0 Å². The molecular formula is C18H31NO12S. The molecule has 2 aliphatic rings. The number of ether oxygens (including phenoxy) is 3. The van der Waals surface area contributed by atoms with Gasteiger partial charge in [0, 0.05) is 0 Å². The molecule has 0 aromatic carbocycles. The largest absolute Gasteiger partial charge is 0.726 e. The van der Waals surface area contributed by atoms with Crippen molar-refractivity contribution in [2.75, 3.05) is 19.8 Å². The minimum absolute atomic E-state index is 0.295. The SMILES string of the molecule is CC1(C)OC(COS(=O)(=O)[O-])[C@@](C)(COC[C@@]2(C)OC(C(=O)O)=C[C@H](O)C2O)[C@H](O)C1[NH3+]. The Kier molecular flexibility index (Phi) is 7.66. The summed E-state index contributed by atoms with van der Waals surface area (Å²) in [6, 6.07) is -0.674. The van der Waals surface area contributed by atoms with Gasteiger partial charge in [-0.2, -0.15) is 0 Å². The molecule has 0 saturated carbocycles. The summed E-state index contributed by atoms with van der Waals surface area (Å²) in [5, 5.41) is 40.3. The molecule has 13 nitrogen and oxygen atoms in total.